The second-order valence-corrected chi connectivity index (χ2v) is 6.13. The van der Waals surface area contributed by atoms with Crippen LogP contribution in [0.25, 0.3) is 5.69 Å². The lowest BCUT2D eigenvalue weighted by molar-refractivity contribution is 0.304. The molecule has 0 N–H and O–H groups in total. The molecule has 1 aromatic carbocycles. The standard InChI is InChI=1S/C19H24N4O2/c1-16-13-19(25-22-16)7-5-3-2-4-6-12-24-18-10-8-17(9-11-18)23-15-20-14-21-23/h8-11,13-15H,2-7,12H2,1H3. The fourth-order valence-electron chi connectivity index (χ4n) is 2.69. The highest BCUT2D eigenvalue weighted by molar-refractivity contribution is 5.36. The number of hydrogen-bond donors (Lipinski definition) is 0. The van der Waals surface area contributed by atoms with Crippen molar-refractivity contribution in [1.82, 2.24) is 19.9 Å². The molecule has 0 radical (unpaired) electrons. The molecule has 0 atom stereocenters. The number of unbranched alkanes of at least 4 members (excludes halogenated alkanes) is 4. The second kappa shape index (κ2) is 9.01. The van der Waals surface area contributed by atoms with Gasteiger partial charge in [0.05, 0.1) is 18.0 Å². The average molecular weight is 340 g/mol. The summed E-state index contributed by atoms with van der Waals surface area (Å²) in [6, 6.07) is 9.92. The molecule has 3 aromatic rings. The SMILES string of the molecule is Cc1cc(CCCCCCCOc2ccc(-n3cncn3)cc2)on1. The molecule has 6 nitrogen and oxygen atoms in total. The fourth-order valence-corrected chi connectivity index (χ4v) is 2.69. The molecule has 0 aliphatic carbocycles. The zero-order chi connectivity index (χ0) is 17.3. The summed E-state index contributed by atoms with van der Waals surface area (Å²) in [5.41, 5.74) is 1.94. The number of benzene rings is 1. The van der Waals surface area contributed by atoms with Gasteiger partial charge in [-0.1, -0.05) is 24.4 Å². The smallest absolute Gasteiger partial charge is 0.138 e. The minimum Gasteiger partial charge on any atom is -0.494 e. The molecular formula is C19H24N4O2. The molecule has 0 saturated heterocycles. The van der Waals surface area contributed by atoms with Gasteiger partial charge in [-0.2, -0.15) is 5.10 Å². The van der Waals surface area contributed by atoms with Gasteiger partial charge in [0.2, 0.25) is 0 Å². The van der Waals surface area contributed by atoms with E-state index in [0.717, 1.165) is 48.8 Å². The molecule has 6 heteroatoms. The van der Waals surface area contributed by atoms with Crippen LogP contribution in [-0.2, 0) is 6.42 Å². The van der Waals surface area contributed by atoms with Gasteiger partial charge in [0, 0.05) is 12.5 Å². The van der Waals surface area contributed by atoms with Crippen LogP contribution in [0.3, 0.4) is 0 Å². The Morgan fingerprint density at radius 2 is 1.84 bits per heavy atom. The second-order valence-electron chi connectivity index (χ2n) is 6.13. The molecule has 0 fully saturated rings. The van der Waals surface area contributed by atoms with Crippen LogP contribution < -0.4 is 4.74 Å². The van der Waals surface area contributed by atoms with Crippen LogP contribution in [0.2, 0.25) is 0 Å². The molecule has 0 aliphatic rings. The summed E-state index contributed by atoms with van der Waals surface area (Å²) in [4.78, 5) is 3.94. The maximum Gasteiger partial charge on any atom is 0.138 e. The van der Waals surface area contributed by atoms with Crippen LogP contribution in [0.15, 0.2) is 47.5 Å². The third-order valence-corrected chi connectivity index (χ3v) is 4.03. The highest BCUT2D eigenvalue weighted by Gasteiger charge is 2.01. The van der Waals surface area contributed by atoms with Crippen molar-refractivity contribution in [1.29, 1.82) is 0 Å². The van der Waals surface area contributed by atoms with Gasteiger partial charge < -0.3 is 9.26 Å². The number of rotatable bonds is 10. The number of aromatic nitrogens is 4. The number of ether oxygens (including phenoxy) is 1. The number of nitrogens with zero attached hydrogens (tertiary/aromatic N) is 4. The van der Waals surface area contributed by atoms with Gasteiger partial charge in [0.25, 0.3) is 0 Å². The van der Waals surface area contributed by atoms with E-state index < -0.39 is 0 Å². The van der Waals surface area contributed by atoms with E-state index in [9.17, 15) is 0 Å². The van der Waals surface area contributed by atoms with E-state index >= 15 is 0 Å². The Bertz CT molecular complexity index is 735. The monoisotopic (exact) mass is 340 g/mol. The van der Waals surface area contributed by atoms with E-state index in [1.807, 2.05) is 37.3 Å². The van der Waals surface area contributed by atoms with Crippen molar-refractivity contribution in [3.8, 4) is 11.4 Å². The van der Waals surface area contributed by atoms with E-state index in [-0.39, 0.29) is 0 Å². The summed E-state index contributed by atoms with van der Waals surface area (Å²) in [7, 11) is 0. The van der Waals surface area contributed by atoms with Gasteiger partial charge in [-0.25, -0.2) is 9.67 Å². The van der Waals surface area contributed by atoms with Gasteiger partial charge in [-0.3, -0.25) is 0 Å². The van der Waals surface area contributed by atoms with Crippen molar-refractivity contribution in [2.45, 2.75) is 45.4 Å². The molecule has 0 spiro atoms. The summed E-state index contributed by atoms with van der Waals surface area (Å²) < 4.78 is 12.7. The first-order valence-corrected chi connectivity index (χ1v) is 8.81. The topological polar surface area (TPSA) is 66.0 Å². The van der Waals surface area contributed by atoms with Crippen molar-refractivity contribution in [3.05, 3.63) is 54.4 Å². The molecule has 2 aromatic heterocycles. The minimum atomic E-state index is 0.754. The molecule has 2 heterocycles. The Labute approximate surface area is 147 Å². The molecule has 0 aliphatic heterocycles. The van der Waals surface area contributed by atoms with Crippen LogP contribution >= 0.6 is 0 Å². The molecule has 3 rings (SSSR count). The molecule has 0 unspecified atom stereocenters. The predicted octanol–water partition coefficient (Wildman–Crippen LogP) is 4.14. The molecule has 132 valence electrons. The molecular weight excluding hydrogens is 316 g/mol. The Morgan fingerprint density at radius 1 is 1.04 bits per heavy atom. The van der Waals surface area contributed by atoms with Gasteiger partial charge >= 0.3 is 0 Å². The third-order valence-electron chi connectivity index (χ3n) is 4.03. The van der Waals surface area contributed by atoms with Crippen LogP contribution in [0.1, 0.15) is 43.6 Å². The lowest BCUT2D eigenvalue weighted by atomic mass is 10.1. The first-order valence-electron chi connectivity index (χ1n) is 8.81. The molecule has 0 saturated carbocycles. The van der Waals surface area contributed by atoms with Crippen LogP contribution in [0.5, 0.6) is 5.75 Å². The predicted molar refractivity (Wildman–Crippen MR) is 94.9 cm³/mol. The van der Waals surface area contributed by atoms with Gasteiger partial charge in [-0.15, -0.1) is 0 Å². The van der Waals surface area contributed by atoms with E-state index in [4.69, 9.17) is 9.26 Å². The Kier molecular flexibility index (Phi) is 6.20. The van der Waals surface area contributed by atoms with Gasteiger partial charge in [-0.05, 0) is 44.0 Å². The zero-order valence-corrected chi connectivity index (χ0v) is 14.6. The quantitative estimate of drug-likeness (QED) is 0.519. The lowest BCUT2D eigenvalue weighted by Crippen LogP contribution is -1.98. The van der Waals surface area contributed by atoms with Crippen molar-refractivity contribution in [3.63, 3.8) is 0 Å². The molecule has 25 heavy (non-hydrogen) atoms. The Hall–Kier alpha value is -2.63. The number of aryl methyl sites for hydroxylation is 2. The van der Waals surface area contributed by atoms with Gasteiger partial charge in [0.1, 0.15) is 24.2 Å². The van der Waals surface area contributed by atoms with Crippen LogP contribution in [-0.4, -0.2) is 26.5 Å². The van der Waals surface area contributed by atoms with Crippen molar-refractivity contribution < 1.29 is 9.26 Å². The number of hydrogen-bond acceptors (Lipinski definition) is 5. The first kappa shape index (κ1) is 17.2. The Morgan fingerprint density at radius 3 is 2.56 bits per heavy atom. The highest BCUT2D eigenvalue weighted by atomic mass is 16.5. The van der Waals surface area contributed by atoms with Crippen LogP contribution in [0.4, 0.5) is 0 Å². The first-order chi connectivity index (χ1) is 12.3. The summed E-state index contributed by atoms with van der Waals surface area (Å²) in [5, 5.41) is 8.01. The van der Waals surface area contributed by atoms with Crippen molar-refractivity contribution in [2.24, 2.45) is 0 Å². The van der Waals surface area contributed by atoms with E-state index in [1.165, 1.54) is 25.6 Å². The summed E-state index contributed by atoms with van der Waals surface area (Å²) in [5.74, 6) is 1.89. The van der Waals surface area contributed by atoms with E-state index in [1.54, 1.807) is 11.0 Å². The Balaban J connectivity index is 1.25. The maximum absolute atomic E-state index is 5.79. The largest absolute Gasteiger partial charge is 0.494 e. The average Bonchev–Trinajstić information content (AvgIpc) is 3.30. The van der Waals surface area contributed by atoms with Crippen LogP contribution in [0, 0.1) is 6.92 Å². The van der Waals surface area contributed by atoms with Crippen molar-refractivity contribution in [2.75, 3.05) is 6.61 Å². The lowest BCUT2D eigenvalue weighted by Gasteiger charge is -2.07. The normalized spacial score (nSPS) is 10.9. The summed E-state index contributed by atoms with van der Waals surface area (Å²) in [6.45, 7) is 2.71. The molecule has 0 bridgehead atoms. The highest BCUT2D eigenvalue weighted by Crippen LogP contribution is 2.15. The molecule has 0 amide bonds. The summed E-state index contributed by atoms with van der Waals surface area (Å²) >= 11 is 0. The minimum absolute atomic E-state index is 0.754. The zero-order valence-electron chi connectivity index (χ0n) is 14.6. The maximum atomic E-state index is 5.79. The van der Waals surface area contributed by atoms with Crippen molar-refractivity contribution >= 4 is 0 Å². The fraction of sp³-hybridized carbons (Fsp3) is 0.421. The third kappa shape index (κ3) is 5.45. The summed E-state index contributed by atoms with van der Waals surface area (Å²) in [6.07, 6.45) is 10.0. The van der Waals surface area contributed by atoms with E-state index in [2.05, 4.69) is 15.2 Å². The van der Waals surface area contributed by atoms with E-state index in [0.29, 0.717) is 0 Å². The van der Waals surface area contributed by atoms with Gasteiger partial charge in [0.15, 0.2) is 0 Å².